The highest BCUT2D eigenvalue weighted by Gasteiger charge is 2.27. The molecule has 3 atom stereocenters. The first-order valence-corrected chi connectivity index (χ1v) is 10.4. The Bertz CT molecular complexity index is 734. The predicted octanol–water partition coefficient (Wildman–Crippen LogP) is 3.36. The number of ether oxygens (including phenoxy) is 1. The van der Waals surface area contributed by atoms with Gasteiger partial charge in [0.25, 0.3) is 0 Å². The van der Waals surface area contributed by atoms with Crippen LogP contribution in [0.25, 0.3) is 0 Å². The summed E-state index contributed by atoms with van der Waals surface area (Å²) < 4.78 is 5.34. The van der Waals surface area contributed by atoms with Crippen molar-refractivity contribution in [2.45, 2.75) is 37.4 Å². The van der Waals surface area contributed by atoms with E-state index in [1.54, 1.807) is 5.38 Å². The number of hydrogen-bond acceptors (Lipinski definition) is 7. The molecule has 0 saturated carbocycles. The van der Waals surface area contributed by atoms with E-state index in [-0.39, 0.29) is 17.4 Å². The Hall–Kier alpha value is -1.02. The zero-order valence-electron chi connectivity index (χ0n) is 13.7. The summed E-state index contributed by atoms with van der Waals surface area (Å²) in [5.41, 5.74) is 2.97. The summed E-state index contributed by atoms with van der Waals surface area (Å²) >= 11 is 9.64. The molecule has 0 bridgehead atoms. The van der Waals surface area contributed by atoms with Crippen molar-refractivity contribution in [1.29, 1.82) is 0 Å². The van der Waals surface area contributed by atoms with Crippen LogP contribution in [0.1, 0.15) is 45.4 Å². The molecule has 1 N–H and O–H groups in total. The van der Waals surface area contributed by atoms with Gasteiger partial charge in [-0.15, -0.1) is 11.3 Å². The average Bonchev–Trinajstić information content (AvgIpc) is 3.15. The second-order valence-electron chi connectivity index (χ2n) is 6.09. The van der Waals surface area contributed by atoms with Gasteiger partial charge in [0.05, 0.1) is 0 Å². The molecule has 0 radical (unpaired) electrons. The fraction of sp³-hybridized carbons (Fsp3) is 0.444. The fourth-order valence-electron chi connectivity index (χ4n) is 3.10. The monoisotopic (exact) mass is 395 g/mol. The molecule has 7 heteroatoms. The lowest BCUT2D eigenvalue weighted by Gasteiger charge is -2.23. The number of carbonyl (C=O) groups excluding carboxylic acids is 1. The molecule has 4 nitrogen and oxygen atoms in total. The van der Waals surface area contributed by atoms with Gasteiger partial charge in [-0.3, -0.25) is 0 Å². The van der Waals surface area contributed by atoms with E-state index in [0.717, 1.165) is 24.3 Å². The molecule has 0 aliphatic heterocycles. The van der Waals surface area contributed by atoms with Crippen LogP contribution in [-0.2, 0) is 11.2 Å². The number of aliphatic hydroxyl groups is 1. The SMILES string of the molecule is O=C(OC(CS)C(O)CS)c1csc(C2CCCc3ccccc32)n1. The summed E-state index contributed by atoms with van der Waals surface area (Å²) in [6.45, 7) is 0. The van der Waals surface area contributed by atoms with Crippen molar-refractivity contribution >= 4 is 42.6 Å². The quantitative estimate of drug-likeness (QED) is 0.519. The number of nitrogens with zero attached hydrogens (tertiary/aromatic N) is 1. The molecule has 0 amide bonds. The van der Waals surface area contributed by atoms with E-state index in [0.29, 0.717) is 5.69 Å². The lowest BCUT2D eigenvalue weighted by Crippen LogP contribution is -2.34. The number of carbonyl (C=O) groups is 1. The first-order valence-electron chi connectivity index (χ1n) is 8.28. The van der Waals surface area contributed by atoms with Crippen molar-refractivity contribution in [2.75, 3.05) is 11.5 Å². The van der Waals surface area contributed by atoms with Crippen LogP contribution >= 0.6 is 36.6 Å². The Labute approximate surface area is 162 Å². The number of esters is 1. The number of hydrogen-bond donors (Lipinski definition) is 3. The molecule has 3 rings (SSSR count). The van der Waals surface area contributed by atoms with E-state index in [1.807, 2.05) is 0 Å². The average molecular weight is 396 g/mol. The Morgan fingerprint density at radius 1 is 1.36 bits per heavy atom. The van der Waals surface area contributed by atoms with Crippen LogP contribution in [0.15, 0.2) is 29.6 Å². The first-order chi connectivity index (χ1) is 12.1. The van der Waals surface area contributed by atoms with Gasteiger partial charge in [-0.25, -0.2) is 9.78 Å². The van der Waals surface area contributed by atoms with Crippen LogP contribution in [0.5, 0.6) is 0 Å². The summed E-state index contributed by atoms with van der Waals surface area (Å²) in [5, 5.41) is 12.5. The molecular weight excluding hydrogens is 374 g/mol. The summed E-state index contributed by atoms with van der Waals surface area (Å²) in [7, 11) is 0. The predicted molar refractivity (Wildman–Crippen MR) is 106 cm³/mol. The molecule has 1 aromatic heterocycles. The molecule has 1 heterocycles. The molecule has 2 aromatic rings. The Balaban J connectivity index is 1.76. The lowest BCUT2D eigenvalue weighted by molar-refractivity contribution is -0.00170. The minimum atomic E-state index is -0.840. The third-order valence-corrected chi connectivity index (χ3v) is 6.15. The molecule has 1 aliphatic carbocycles. The van der Waals surface area contributed by atoms with Crippen molar-refractivity contribution in [3.05, 3.63) is 51.5 Å². The maximum atomic E-state index is 12.3. The van der Waals surface area contributed by atoms with Crippen LogP contribution < -0.4 is 0 Å². The van der Waals surface area contributed by atoms with Gasteiger partial charge in [-0.2, -0.15) is 25.3 Å². The van der Waals surface area contributed by atoms with Crippen molar-refractivity contribution in [3.63, 3.8) is 0 Å². The number of thiol groups is 2. The summed E-state index contributed by atoms with van der Waals surface area (Å²) in [6.07, 6.45) is 1.73. The number of aromatic nitrogens is 1. The van der Waals surface area contributed by atoms with E-state index in [2.05, 4.69) is 54.5 Å². The van der Waals surface area contributed by atoms with Gasteiger partial charge in [-0.05, 0) is 30.4 Å². The molecular formula is C18H21NO3S3. The largest absolute Gasteiger partial charge is 0.454 e. The first kappa shape index (κ1) is 18.8. The standard InChI is InChI=1S/C18H21NO3S3/c20-15(8-23)16(9-24)22-18(21)14-10-25-17(19-14)13-7-3-5-11-4-1-2-6-12(11)13/h1-2,4,6,10,13,15-16,20,23-24H,3,5,7-9H2. The van der Waals surface area contributed by atoms with Gasteiger partial charge < -0.3 is 9.84 Å². The van der Waals surface area contributed by atoms with Crippen LogP contribution in [0.4, 0.5) is 0 Å². The molecule has 0 spiro atoms. The van der Waals surface area contributed by atoms with Gasteiger partial charge >= 0.3 is 5.97 Å². The van der Waals surface area contributed by atoms with Crippen LogP contribution in [-0.4, -0.2) is 39.8 Å². The number of aliphatic hydroxyl groups excluding tert-OH is 1. The van der Waals surface area contributed by atoms with Crippen LogP contribution in [0.2, 0.25) is 0 Å². The summed E-state index contributed by atoms with van der Waals surface area (Å²) in [4.78, 5) is 16.9. The van der Waals surface area contributed by atoms with Crippen molar-refractivity contribution < 1.29 is 14.6 Å². The number of benzene rings is 1. The lowest BCUT2D eigenvalue weighted by atomic mass is 9.83. The summed E-state index contributed by atoms with van der Waals surface area (Å²) in [6, 6.07) is 8.44. The highest BCUT2D eigenvalue weighted by Crippen LogP contribution is 2.37. The van der Waals surface area contributed by atoms with Gasteiger partial charge in [0, 0.05) is 22.8 Å². The topological polar surface area (TPSA) is 59.4 Å². The van der Waals surface area contributed by atoms with Gasteiger partial charge in [0.2, 0.25) is 0 Å². The Morgan fingerprint density at radius 3 is 2.92 bits per heavy atom. The minimum Gasteiger partial charge on any atom is -0.454 e. The second-order valence-corrected chi connectivity index (χ2v) is 7.71. The molecule has 1 aliphatic rings. The Morgan fingerprint density at radius 2 is 2.16 bits per heavy atom. The Kier molecular flexibility index (Phi) is 6.44. The number of fused-ring (bicyclic) bond motifs is 1. The van der Waals surface area contributed by atoms with Crippen LogP contribution in [0, 0.1) is 0 Å². The molecule has 0 fully saturated rings. The third kappa shape index (κ3) is 4.22. The van der Waals surface area contributed by atoms with Gasteiger partial charge in [0.1, 0.15) is 17.2 Å². The number of aryl methyl sites for hydroxylation is 1. The van der Waals surface area contributed by atoms with E-state index < -0.39 is 18.2 Å². The van der Waals surface area contributed by atoms with Crippen molar-refractivity contribution in [2.24, 2.45) is 0 Å². The third-order valence-electron chi connectivity index (χ3n) is 4.45. The molecule has 134 valence electrons. The zero-order valence-corrected chi connectivity index (χ0v) is 16.3. The van der Waals surface area contributed by atoms with Crippen molar-refractivity contribution in [1.82, 2.24) is 4.98 Å². The van der Waals surface area contributed by atoms with Gasteiger partial charge in [0.15, 0.2) is 5.69 Å². The normalized spacial score (nSPS) is 19.1. The smallest absolute Gasteiger partial charge is 0.358 e. The highest BCUT2D eigenvalue weighted by molar-refractivity contribution is 7.80. The zero-order chi connectivity index (χ0) is 17.8. The van der Waals surface area contributed by atoms with E-state index in [1.165, 1.54) is 22.5 Å². The highest BCUT2D eigenvalue weighted by atomic mass is 32.1. The molecule has 1 aromatic carbocycles. The fourth-order valence-corrected chi connectivity index (χ4v) is 4.60. The molecule has 0 saturated heterocycles. The maximum Gasteiger partial charge on any atom is 0.358 e. The maximum absolute atomic E-state index is 12.3. The second kappa shape index (κ2) is 8.58. The van der Waals surface area contributed by atoms with Gasteiger partial charge in [-0.1, -0.05) is 24.3 Å². The number of thiazole rings is 1. The van der Waals surface area contributed by atoms with E-state index in [9.17, 15) is 9.90 Å². The summed E-state index contributed by atoms with van der Waals surface area (Å²) in [5.74, 6) is 0.159. The molecule has 3 unspecified atom stereocenters. The number of rotatable bonds is 6. The van der Waals surface area contributed by atoms with Crippen LogP contribution in [0.3, 0.4) is 0 Å². The molecule has 25 heavy (non-hydrogen) atoms. The van der Waals surface area contributed by atoms with E-state index in [4.69, 9.17) is 4.74 Å². The minimum absolute atomic E-state index is 0.208. The van der Waals surface area contributed by atoms with Crippen molar-refractivity contribution in [3.8, 4) is 0 Å². The van der Waals surface area contributed by atoms with E-state index >= 15 is 0 Å².